The third kappa shape index (κ3) is 1.94. The van der Waals surface area contributed by atoms with Gasteiger partial charge in [-0.3, -0.25) is 0 Å². The van der Waals surface area contributed by atoms with Gasteiger partial charge < -0.3 is 10.6 Å². The molecule has 1 saturated heterocycles. The minimum atomic E-state index is 0.104. The van der Waals surface area contributed by atoms with E-state index in [4.69, 9.17) is 5.73 Å². The van der Waals surface area contributed by atoms with Crippen LogP contribution in [0.2, 0.25) is 0 Å². The highest BCUT2D eigenvalue weighted by Crippen LogP contribution is 2.36. The Hall–Kier alpha value is -1.02. The van der Waals surface area contributed by atoms with Crippen LogP contribution in [-0.2, 0) is 0 Å². The minimum Gasteiger partial charge on any atom is -0.366 e. The van der Waals surface area contributed by atoms with Crippen LogP contribution in [0.25, 0.3) is 0 Å². The molecule has 16 heavy (non-hydrogen) atoms. The molecule has 2 rings (SSSR count). The predicted molar refractivity (Wildman–Crippen MR) is 69.7 cm³/mol. The average molecular weight is 218 g/mol. The number of nitrogens with two attached hydrogens (primary N) is 1. The van der Waals surface area contributed by atoms with Gasteiger partial charge in [-0.25, -0.2) is 0 Å². The van der Waals surface area contributed by atoms with Crippen molar-refractivity contribution in [2.45, 2.75) is 45.2 Å². The molecule has 1 atom stereocenters. The molecule has 0 spiro atoms. The number of hydrogen-bond donors (Lipinski definition) is 1. The monoisotopic (exact) mass is 218 g/mol. The Labute approximate surface area is 98.4 Å². The van der Waals surface area contributed by atoms with Gasteiger partial charge in [-0.2, -0.15) is 0 Å². The molecular formula is C14H22N2. The lowest BCUT2D eigenvalue weighted by atomic mass is 9.99. The molecule has 0 aliphatic carbocycles. The molecule has 2 N–H and O–H groups in total. The van der Waals surface area contributed by atoms with Crippen molar-refractivity contribution in [1.82, 2.24) is 0 Å². The van der Waals surface area contributed by atoms with E-state index in [0.717, 1.165) is 6.54 Å². The Balaban J connectivity index is 2.40. The van der Waals surface area contributed by atoms with Crippen LogP contribution in [0.3, 0.4) is 0 Å². The van der Waals surface area contributed by atoms with Crippen LogP contribution in [0, 0.1) is 0 Å². The molecule has 0 aromatic heterocycles. The summed E-state index contributed by atoms with van der Waals surface area (Å²) in [5.74, 6) is 0. The number of anilines is 1. The highest BCUT2D eigenvalue weighted by atomic mass is 15.2. The molecule has 1 aliphatic heterocycles. The van der Waals surface area contributed by atoms with Crippen LogP contribution in [0.15, 0.2) is 24.3 Å². The normalized spacial score (nSPS) is 21.1. The standard InChI is InChI=1S/C14H22N2/c1-11(15)12-7-4-5-8-13(12)16-10-6-9-14(16,2)3/h4-5,7-8,11H,6,9-10,15H2,1-3H3/t11-/m0/s1. The van der Waals surface area contributed by atoms with Crippen molar-refractivity contribution >= 4 is 5.69 Å². The van der Waals surface area contributed by atoms with Gasteiger partial charge in [0, 0.05) is 23.8 Å². The van der Waals surface area contributed by atoms with E-state index < -0.39 is 0 Å². The summed E-state index contributed by atoms with van der Waals surface area (Å²) in [5, 5.41) is 0. The number of hydrogen-bond acceptors (Lipinski definition) is 2. The van der Waals surface area contributed by atoms with Gasteiger partial charge in [0.05, 0.1) is 0 Å². The summed E-state index contributed by atoms with van der Waals surface area (Å²) in [5.41, 5.74) is 8.89. The van der Waals surface area contributed by atoms with Crippen LogP contribution in [0.5, 0.6) is 0 Å². The third-order valence-electron chi connectivity index (χ3n) is 3.62. The van der Waals surface area contributed by atoms with Crippen LogP contribution >= 0.6 is 0 Å². The van der Waals surface area contributed by atoms with Gasteiger partial charge in [-0.1, -0.05) is 18.2 Å². The molecule has 0 bridgehead atoms. The first kappa shape index (κ1) is 11.5. The fraction of sp³-hybridized carbons (Fsp3) is 0.571. The molecule has 88 valence electrons. The van der Waals surface area contributed by atoms with Crippen LogP contribution in [0.1, 0.15) is 45.2 Å². The van der Waals surface area contributed by atoms with E-state index in [1.54, 1.807) is 0 Å². The molecule has 1 aliphatic rings. The molecule has 0 amide bonds. The first-order valence-corrected chi connectivity index (χ1v) is 6.14. The Kier molecular flexibility index (Phi) is 2.94. The Morgan fingerprint density at radius 2 is 2.00 bits per heavy atom. The Morgan fingerprint density at radius 1 is 1.31 bits per heavy atom. The minimum absolute atomic E-state index is 0.104. The summed E-state index contributed by atoms with van der Waals surface area (Å²) in [4.78, 5) is 2.51. The van der Waals surface area contributed by atoms with Crippen LogP contribution in [-0.4, -0.2) is 12.1 Å². The maximum Gasteiger partial charge on any atom is 0.0418 e. The highest BCUT2D eigenvalue weighted by molar-refractivity contribution is 5.57. The first-order chi connectivity index (χ1) is 7.52. The number of benzene rings is 1. The molecule has 0 saturated carbocycles. The van der Waals surface area contributed by atoms with Crippen molar-refractivity contribution < 1.29 is 0 Å². The predicted octanol–water partition coefficient (Wildman–Crippen LogP) is 3.09. The van der Waals surface area contributed by atoms with E-state index in [1.165, 1.54) is 24.1 Å². The largest absolute Gasteiger partial charge is 0.366 e. The summed E-state index contributed by atoms with van der Waals surface area (Å²) in [6.45, 7) is 7.84. The molecule has 0 radical (unpaired) electrons. The fourth-order valence-corrected chi connectivity index (χ4v) is 2.67. The van der Waals surface area contributed by atoms with Gasteiger partial charge in [0.25, 0.3) is 0 Å². The van der Waals surface area contributed by atoms with Gasteiger partial charge >= 0.3 is 0 Å². The summed E-state index contributed by atoms with van der Waals surface area (Å²) in [6, 6.07) is 8.63. The second kappa shape index (κ2) is 4.10. The molecule has 1 aromatic rings. The van der Waals surface area contributed by atoms with Crippen LogP contribution < -0.4 is 10.6 Å². The fourth-order valence-electron chi connectivity index (χ4n) is 2.67. The lowest BCUT2D eigenvalue weighted by Crippen LogP contribution is -2.39. The van der Waals surface area contributed by atoms with Crippen molar-refractivity contribution in [3.05, 3.63) is 29.8 Å². The van der Waals surface area contributed by atoms with Gasteiger partial charge in [0.15, 0.2) is 0 Å². The maximum absolute atomic E-state index is 6.04. The molecule has 1 fully saturated rings. The number of nitrogens with zero attached hydrogens (tertiary/aromatic N) is 1. The molecular weight excluding hydrogens is 196 g/mol. The van der Waals surface area contributed by atoms with Gasteiger partial charge in [0.1, 0.15) is 0 Å². The zero-order valence-corrected chi connectivity index (χ0v) is 10.5. The van der Waals surface area contributed by atoms with E-state index >= 15 is 0 Å². The molecule has 0 unspecified atom stereocenters. The summed E-state index contributed by atoms with van der Waals surface area (Å²) < 4.78 is 0. The Bertz CT molecular complexity index is 369. The van der Waals surface area contributed by atoms with Gasteiger partial charge in [0.2, 0.25) is 0 Å². The summed E-state index contributed by atoms with van der Waals surface area (Å²) in [6.07, 6.45) is 2.54. The average Bonchev–Trinajstić information content (AvgIpc) is 2.58. The molecule has 1 aromatic carbocycles. The van der Waals surface area contributed by atoms with E-state index in [1.807, 2.05) is 0 Å². The Morgan fingerprint density at radius 3 is 2.56 bits per heavy atom. The van der Waals surface area contributed by atoms with E-state index in [-0.39, 0.29) is 11.6 Å². The quantitative estimate of drug-likeness (QED) is 0.826. The first-order valence-electron chi connectivity index (χ1n) is 6.14. The maximum atomic E-state index is 6.04. The van der Waals surface area contributed by atoms with Crippen molar-refractivity contribution in [2.24, 2.45) is 5.73 Å². The van der Waals surface area contributed by atoms with Crippen molar-refractivity contribution in [2.75, 3.05) is 11.4 Å². The molecule has 2 nitrogen and oxygen atoms in total. The second-order valence-corrected chi connectivity index (χ2v) is 5.42. The second-order valence-electron chi connectivity index (χ2n) is 5.42. The zero-order valence-electron chi connectivity index (χ0n) is 10.5. The third-order valence-corrected chi connectivity index (χ3v) is 3.62. The van der Waals surface area contributed by atoms with Gasteiger partial charge in [-0.05, 0) is 45.2 Å². The van der Waals surface area contributed by atoms with Crippen molar-refractivity contribution in [1.29, 1.82) is 0 Å². The topological polar surface area (TPSA) is 29.3 Å². The van der Waals surface area contributed by atoms with Gasteiger partial charge in [-0.15, -0.1) is 0 Å². The van der Waals surface area contributed by atoms with E-state index in [9.17, 15) is 0 Å². The van der Waals surface area contributed by atoms with E-state index in [2.05, 4.69) is 49.9 Å². The van der Waals surface area contributed by atoms with Crippen molar-refractivity contribution in [3.63, 3.8) is 0 Å². The van der Waals surface area contributed by atoms with Crippen LogP contribution in [0.4, 0.5) is 5.69 Å². The number of rotatable bonds is 2. The SMILES string of the molecule is C[C@H](N)c1ccccc1N1CCCC1(C)C. The lowest BCUT2D eigenvalue weighted by Gasteiger charge is -2.35. The lowest BCUT2D eigenvalue weighted by molar-refractivity contribution is 0.516. The van der Waals surface area contributed by atoms with Crippen molar-refractivity contribution in [3.8, 4) is 0 Å². The molecule has 2 heteroatoms. The summed E-state index contributed by atoms with van der Waals surface area (Å²) >= 11 is 0. The number of para-hydroxylation sites is 1. The zero-order chi connectivity index (χ0) is 11.8. The highest BCUT2D eigenvalue weighted by Gasteiger charge is 2.33. The smallest absolute Gasteiger partial charge is 0.0418 e. The molecule has 1 heterocycles. The van der Waals surface area contributed by atoms with E-state index in [0.29, 0.717) is 0 Å². The summed E-state index contributed by atoms with van der Waals surface area (Å²) in [7, 11) is 0.